The highest BCUT2D eigenvalue weighted by molar-refractivity contribution is 5.88. The predicted octanol–water partition coefficient (Wildman–Crippen LogP) is 2.24. The van der Waals surface area contributed by atoms with Crippen LogP contribution in [0, 0.1) is 0 Å². The SMILES string of the molecule is CCOC(=O)c1cnn([C@@H]2CCN(C(=O)OC(C)(C)C)C2)c1. The molecule has 1 aliphatic heterocycles. The zero-order chi connectivity index (χ0) is 16.3. The molecule has 7 nitrogen and oxygen atoms in total. The second-order valence-corrected chi connectivity index (χ2v) is 6.30. The Kier molecular flexibility index (Phi) is 4.73. The van der Waals surface area contributed by atoms with Crippen LogP contribution in [-0.4, -0.2) is 52.0 Å². The Balaban J connectivity index is 1.96. The Morgan fingerprint density at radius 1 is 1.41 bits per heavy atom. The van der Waals surface area contributed by atoms with E-state index in [1.807, 2.05) is 20.8 Å². The molecule has 0 bridgehead atoms. The highest BCUT2D eigenvalue weighted by Gasteiger charge is 2.31. The molecule has 22 heavy (non-hydrogen) atoms. The number of aromatic nitrogens is 2. The van der Waals surface area contributed by atoms with Crippen LogP contribution in [0.4, 0.5) is 4.79 Å². The first-order valence-electron chi connectivity index (χ1n) is 7.49. The lowest BCUT2D eigenvalue weighted by molar-refractivity contribution is 0.0288. The van der Waals surface area contributed by atoms with Crippen LogP contribution in [0.2, 0.25) is 0 Å². The molecule has 0 spiro atoms. The van der Waals surface area contributed by atoms with Gasteiger partial charge in [-0.3, -0.25) is 4.68 Å². The average molecular weight is 309 g/mol. The van der Waals surface area contributed by atoms with Crippen molar-refractivity contribution < 1.29 is 19.1 Å². The highest BCUT2D eigenvalue weighted by Crippen LogP contribution is 2.23. The number of rotatable bonds is 3. The molecule has 1 atom stereocenters. The molecule has 7 heteroatoms. The van der Waals surface area contributed by atoms with E-state index in [0.717, 1.165) is 6.42 Å². The summed E-state index contributed by atoms with van der Waals surface area (Å²) in [5, 5.41) is 4.21. The van der Waals surface area contributed by atoms with Gasteiger partial charge in [0.05, 0.1) is 24.4 Å². The van der Waals surface area contributed by atoms with Crippen molar-refractivity contribution in [3.63, 3.8) is 0 Å². The number of ether oxygens (including phenoxy) is 2. The molecule has 2 heterocycles. The fourth-order valence-corrected chi connectivity index (χ4v) is 2.31. The fourth-order valence-electron chi connectivity index (χ4n) is 2.31. The van der Waals surface area contributed by atoms with E-state index in [1.165, 1.54) is 6.20 Å². The zero-order valence-electron chi connectivity index (χ0n) is 13.5. The lowest BCUT2D eigenvalue weighted by Gasteiger charge is -2.24. The quantitative estimate of drug-likeness (QED) is 0.801. The molecule has 0 saturated carbocycles. The Bertz CT molecular complexity index is 547. The first-order chi connectivity index (χ1) is 10.3. The molecule has 0 unspecified atom stereocenters. The van der Waals surface area contributed by atoms with Gasteiger partial charge in [0.15, 0.2) is 0 Å². The molecule has 0 N–H and O–H groups in total. The molecule has 1 aromatic rings. The minimum Gasteiger partial charge on any atom is -0.462 e. The largest absolute Gasteiger partial charge is 0.462 e. The third-order valence-corrected chi connectivity index (χ3v) is 3.30. The van der Waals surface area contributed by atoms with Gasteiger partial charge in [-0.15, -0.1) is 0 Å². The summed E-state index contributed by atoms with van der Waals surface area (Å²) >= 11 is 0. The fraction of sp³-hybridized carbons (Fsp3) is 0.667. The lowest BCUT2D eigenvalue weighted by Crippen LogP contribution is -2.35. The minimum atomic E-state index is -0.502. The Hall–Kier alpha value is -2.05. The van der Waals surface area contributed by atoms with E-state index in [9.17, 15) is 9.59 Å². The zero-order valence-corrected chi connectivity index (χ0v) is 13.5. The Morgan fingerprint density at radius 2 is 2.14 bits per heavy atom. The van der Waals surface area contributed by atoms with Crippen molar-refractivity contribution >= 4 is 12.1 Å². The molecule has 1 aliphatic rings. The number of likely N-dealkylation sites (tertiary alicyclic amines) is 1. The van der Waals surface area contributed by atoms with E-state index in [0.29, 0.717) is 25.3 Å². The molecule has 0 aromatic carbocycles. The van der Waals surface area contributed by atoms with Crippen molar-refractivity contribution in [1.29, 1.82) is 0 Å². The summed E-state index contributed by atoms with van der Waals surface area (Å²) in [5.41, 5.74) is -0.0737. The van der Waals surface area contributed by atoms with Crippen molar-refractivity contribution in [3.8, 4) is 0 Å². The molecular formula is C15H23N3O4. The number of hydrogen-bond acceptors (Lipinski definition) is 5. The van der Waals surface area contributed by atoms with E-state index in [2.05, 4.69) is 5.10 Å². The topological polar surface area (TPSA) is 73.7 Å². The third kappa shape index (κ3) is 3.99. The van der Waals surface area contributed by atoms with Gasteiger partial charge in [0.25, 0.3) is 0 Å². The van der Waals surface area contributed by atoms with Gasteiger partial charge in [-0.2, -0.15) is 5.10 Å². The highest BCUT2D eigenvalue weighted by atomic mass is 16.6. The van der Waals surface area contributed by atoms with Gasteiger partial charge >= 0.3 is 12.1 Å². The van der Waals surface area contributed by atoms with Crippen LogP contribution in [0.1, 0.15) is 50.5 Å². The van der Waals surface area contributed by atoms with Gasteiger partial charge < -0.3 is 14.4 Å². The molecule has 1 aromatic heterocycles. The summed E-state index contributed by atoms with van der Waals surface area (Å²) in [7, 11) is 0. The van der Waals surface area contributed by atoms with E-state index >= 15 is 0 Å². The van der Waals surface area contributed by atoms with Crippen molar-refractivity contribution in [2.45, 2.75) is 45.8 Å². The molecule has 2 rings (SSSR count). The number of nitrogens with zero attached hydrogens (tertiary/aromatic N) is 3. The van der Waals surface area contributed by atoms with Gasteiger partial charge in [0.1, 0.15) is 5.60 Å². The standard InChI is InChI=1S/C15H23N3O4/c1-5-21-13(19)11-8-16-18(9-11)12-6-7-17(10-12)14(20)22-15(2,3)4/h8-9,12H,5-7,10H2,1-4H3/t12-/m1/s1. The number of esters is 1. The summed E-state index contributed by atoms with van der Waals surface area (Å²) < 4.78 is 12.0. The van der Waals surface area contributed by atoms with Crippen molar-refractivity contribution in [3.05, 3.63) is 18.0 Å². The Morgan fingerprint density at radius 3 is 2.77 bits per heavy atom. The second-order valence-electron chi connectivity index (χ2n) is 6.30. The maximum Gasteiger partial charge on any atom is 0.410 e. The molecule has 0 radical (unpaired) electrons. The van der Waals surface area contributed by atoms with Crippen molar-refractivity contribution in [2.24, 2.45) is 0 Å². The number of carbonyl (C=O) groups is 2. The summed E-state index contributed by atoms with van der Waals surface area (Å²) in [6.45, 7) is 8.78. The molecule has 1 amide bonds. The van der Waals surface area contributed by atoms with Crippen molar-refractivity contribution in [2.75, 3.05) is 19.7 Å². The number of amides is 1. The van der Waals surface area contributed by atoms with Gasteiger partial charge in [-0.25, -0.2) is 9.59 Å². The van der Waals surface area contributed by atoms with Crippen LogP contribution in [0.5, 0.6) is 0 Å². The second kappa shape index (κ2) is 6.37. The van der Waals surface area contributed by atoms with Crippen LogP contribution >= 0.6 is 0 Å². The van der Waals surface area contributed by atoms with E-state index in [4.69, 9.17) is 9.47 Å². The van der Waals surface area contributed by atoms with E-state index in [-0.39, 0.29) is 18.1 Å². The molecule has 1 saturated heterocycles. The van der Waals surface area contributed by atoms with Crippen LogP contribution < -0.4 is 0 Å². The van der Waals surface area contributed by atoms with Crippen LogP contribution in [-0.2, 0) is 9.47 Å². The van der Waals surface area contributed by atoms with Crippen molar-refractivity contribution in [1.82, 2.24) is 14.7 Å². The molecule has 1 fully saturated rings. The molecular weight excluding hydrogens is 286 g/mol. The monoisotopic (exact) mass is 309 g/mol. The Labute approximate surface area is 130 Å². The van der Waals surface area contributed by atoms with Gasteiger partial charge in [0, 0.05) is 19.3 Å². The summed E-state index contributed by atoms with van der Waals surface area (Å²) in [6.07, 6.45) is 3.63. The minimum absolute atomic E-state index is 0.0516. The maximum atomic E-state index is 12.0. The van der Waals surface area contributed by atoms with Gasteiger partial charge in [-0.05, 0) is 34.1 Å². The third-order valence-electron chi connectivity index (χ3n) is 3.30. The summed E-state index contributed by atoms with van der Waals surface area (Å²) in [4.78, 5) is 25.3. The smallest absolute Gasteiger partial charge is 0.410 e. The van der Waals surface area contributed by atoms with E-state index < -0.39 is 5.60 Å². The van der Waals surface area contributed by atoms with Crippen LogP contribution in [0.15, 0.2) is 12.4 Å². The molecule has 0 aliphatic carbocycles. The van der Waals surface area contributed by atoms with Gasteiger partial charge in [0.2, 0.25) is 0 Å². The number of carbonyl (C=O) groups excluding carboxylic acids is 2. The van der Waals surface area contributed by atoms with Crippen LogP contribution in [0.3, 0.4) is 0 Å². The number of hydrogen-bond donors (Lipinski definition) is 0. The van der Waals surface area contributed by atoms with E-state index in [1.54, 1.807) is 22.7 Å². The predicted molar refractivity (Wildman–Crippen MR) is 79.6 cm³/mol. The average Bonchev–Trinajstić information content (AvgIpc) is 3.06. The summed E-state index contributed by atoms with van der Waals surface area (Å²) in [6, 6.07) is 0.0516. The maximum absolute atomic E-state index is 12.0. The lowest BCUT2D eigenvalue weighted by atomic mass is 10.2. The van der Waals surface area contributed by atoms with Crippen LogP contribution in [0.25, 0.3) is 0 Å². The summed E-state index contributed by atoms with van der Waals surface area (Å²) in [5.74, 6) is -0.379. The van der Waals surface area contributed by atoms with Gasteiger partial charge in [-0.1, -0.05) is 0 Å². The first-order valence-corrected chi connectivity index (χ1v) is 7.49. The normalized spacial score (nSPS) is 18.4. The first kappa shape index (κ1) is 16.3. The molecule has 122 valence electrons.